The van der Waals surface area contributed by atoms with Gasteiger partial charge in [-0.1, -0.05) is 61.9 Å². The highest BCUT2D eigenvalue weighted by Gasteiger charge is 1.96. The quantitative estimate of drug-likeness (QED) is 0.637. The Hall–Kier alpha value is -1.30. The van der Waals surface area contributed by atoms with Crippen LogP contribution < -0.4 is 0 Å². The Balaban J connectivity index is 2.68. The maximum absolute atomic E-state index is 2.25. The van der Waals surface area contributed by atoms with Crippen LogP contribution in [0.1, 0.15) is 31.9 Å². The number of aryl methyl sites for hydroxylation is 1. The molecule has 1 aromatic rings. The van der Waals surface area contributed by atoms with Gasteiger partial charge in [-0.15, -0.1) is 0 Å². The lowest BCUT2D eigenvalue weighted by molar-refractivity contribution is 0.830. The average Bonchev–Trinajstić information content (AvgIpc) is 2.26. The Bertz CT molecular complexity index is 364. The van der Waals surface area contributed by atoms with Crippen molar-refractivity contribution in [3.63, 3.8) is 0 Å². The van der Waals surface area contributed by atoms with Crippen molar-refractivity contribution in [3.05, 3.63) is 59.2 Å². The molecule has 0 nitrogen and oxygen atoms in total. The second-order valence-corrected chi connectivity index (χ2v) is 4.63. The molecule has 0 spiro atoms. The van der Waals surface area contributed by atoms with Gasteiger partial charge in [-0.25, -0.2) is 0 Å². The fraction of sp³-hybridized carbons (Fsp3) is 0.375. The van der Waals surface area contributed by atoms with Crippen LogP contribution >= 0.6 is 0 Å². The monoisotopic (exact) mass is 214 g/mol. The van der Waals surface area contributed by atoms with E-state index in [9.17, 15) is 0 Å². The molecular formula is C16H22. The third-order valence-electron chi connectivity index (χ3n) is 2.59. The van der Waals surface area contributed by atoms with E-state index in [4.69, 9.17) is 0 Å². The van der Waals surface area contributed by atoms with Crippen molar-refractivity contribution in [3.8, 4) is 0 Å². The smallest absolute Gasteiger partial charge is 0.00291 e. The fourth-order valence-electron chi connectivity index (χ4n) is 1.51. The summed E-state index contributed by atoms with van der Waals surface area (Å²) >= 11 is 0. The van der Waals surface area contributed by atoms with Crippen LogP contribution in [0.2, 0.25) is 0 Å². The molecule has 0 atom stereocenters. The first-order valence-electron chi connectivity index (χ1n) is 6.00. The lowest BCUT2D eigenvalue weighted by atomic mass is 10.0. The molecule has 0 heterocycles. The van der Waals surface area contributed by atoms with Gasteiger partial charge in [0.15, 0.2) is 0 Å². The third-order valence-corrected chi connectivity index (χ3v) is 2.59. The van der Waals surface area contributed by atoms with Gasteiger partial charge in [0.2, 0.25) is 0 Å². The van der Waals surface area contributed by atoms with Gasteiger partial charge >= 0.3 is 0 Å². The highest BCUT2D eigenvalue weighted by atomic mass is 14.0. The molecule has 0 bridgehead atoms. The van der Waals surface area contributed by atoms with E-state index in [2.05, 4.69) is 70.2 Å². The van der Waals surface area contributed by atoms with Crippen LogP contribution in [0.25, 0.3) is 0 Å². The Morgan fingerprint density at radius 2 is 1.81 bits per heavy atom. The maximum Gasteiger partial charge on any atom is -0.00291 e. The van der Waals surface area contributed by atoms with Gasteiger partial charge in [0, 0.05) is 0 Å². The highest BCUT2D eigenvalue weighted by Crippen LogP contribution is 2.11. The van der Waals surface area contributed by atoms with Gasteiger partial charge in [-0.3, -0.25) is 0 Å². The molecule has 0 radical (unpaired) electrons. The van der Waals surface area contributed by atoms with Crippen LogP contribution in [0.4, 0.5) is 0 Å². The molecule has 0 aliphatic rings. The first kappa shape index (κ1) is 12.8. The Kier molecular flexibility index (Phi) is 5.04. The second kappa shape index (κ2) is 6.32. The summed E-state index contributed by atoms with van der Waals surface area (Å²) in [7, 11) is 0. The normalized spacial score (nSPS) is 12.7. The number of allylic oxidation sites excluding steroid dienone is 4. The minimum absolute atomic E-state index is 0.618. The van der Waals surface area contributed by atoms with E-state index >= 15 is 0 Å². The first-order chi connectivity index (χ1) is 7.61. The zero-order valence-corrected chi connectivity index (χ0v) is 10.8. The predicted octanol–water partition coefficient (Wildman–Crippen LogP) is 4.70. The van der Waals surface area contributed by atoms with E-state index in [-0.39, 0.29) is 0 Å². The fourth-order valence-corrected chi connectivity index (χ4v) is 1.51. The van der Waals surface area contributed by atoms with Gasteiger partial charge < -0.3 is 0 Å². The van der Waals surface area contributed by atoms with E-state index in [0.29, 0.717) is 5.92 Å². The first-order valence-corrected chi connectivity index (χ1v) is 6.00. The zero-order chi connectivity index (χ0) is 12.0. The summed E-state index contributed by atoms with van der Waals surface area (Å²) in [5, 5.41) is 0. The van der Waals surface area contributed by atoms with Gasteiger partial charge in [-0.2, -0.15) is 0 Å². The summed E-state index contributed by atoms with van der Waals surface area (Å²) in [5.41, 5.74) is 4.09. The van der Waals surface area contributed by atoms with Crippen molar-refractivity contribution in [2.45, 2.75) is 34.1 Å². The lowest BCUT2D eigenvalue weighted by Crippen LogP contribution is -1.89. The molecule has 86 valence electrons. The minimum atomic E-state index is 0.618. The van der Waals surface area contributed by atoms with Crippen molar-refractivity contribution in [1.82, 2.24) is 0 Å². The summed E-state index contributed by atoms with van der Waals surface area (Å²) in [5.74, 6) is 0.618. The van der Waals surface area contributed by atoms with Gasteiger partial charge in [0.25, 0.3) is 0 Å². The standard InChI is InChI=1S/C16H22/c1-5-15(9-6-13(2)3)12-16-10-7-14(4)8-11-16/h5-11,13H,12H2,1-4H3/b9-6-,15-5+. The van der Waals surface area contributed by atoms with E-state index in [0.717, 1.165) is 6.42 Å². The highest BCUT2D eigenvalue weighted by molar-refractivity contribution is 5.30. The Labute approximate surface area is 99.7 Å². The van der Waals surface area contributed by atoms with Crippen LogP contribution in [-0.4, -0.2) is 0 Å². The molecule has 0 N–H and O–H groups in total. The Morgan fingerprint density at radius 3 is 2.31 bits per heavy atom. The molecule has 1 aromatic carbocycles. The van der Waals surface area contributed by atoms with Crippen molar-refractivity contribution in [2.75, 3.05) is 0 Å². The SMILES string of the molecule is C/C=C(\C=C/C(C)C)Cc1ccc(C)cc1. The molecule has 0 heteroatoms. The van der Waals surface area contributed by atoms with Crippen molar-refractivity contribution < 1.29 is 0 Å². The molecule has 0 amide bonds. The van der Waals surface area contributed by atoms with E-state index in [1.54, 1.807) is 0 Å². The van der Waals surface area contributed by atoms with Crippen LogP contribution in [0.15, 0.2) is 48.1 Å². The molecule has 0 aliphatic carbocycles. The summed E-state index contributed by atoms with van der Waals surface area (Å²) < 4.78 is 0. The second-order valence-electron chi connectivity index (χ2n) is 4.63. The molecule has 0 unspecified atom stereocenters. The molecule has 0 fully saturated rings. The van der Waals surface area contributed by atoms with Gasteiger partial charge in [0.05, 0.1) is 0 Å². The predicted molar refractivity (Wildman–Crippen MR) is 72.6 cm³/mol. The van der Waals surface area contributed by atoms with E-state index < -0.39 is 0 Å². The third kappa shape index (κ3) is 4.48. The largest absolute Gasteiger partial charge is 0.0841 e. The summed E-state index contributed by atoms with van der Waals surface area (Å²) in [6, 6.07) is 8.77. The molecule has 0 aromatic heterocycles. The number of hydrogen-bond donors (Lipinski definition) is 0. The maximum atomic E-state index is 2.25. The van der Waals surface area contributed by atoms with Crippen molar-refractivity contribution >= 4 is 0 Å². The summed E-state index contributed by atoms with van der Waals surface area (Å²) in [6.45, 7) is 8.64. The molecule has 0 saturated carbocycles. The van der Waals surface area contributed by atoms with Crippen molar-refractivity contribution in [2.24, 2.45) is 5.92 Å². The number of hydrogen-bond acceptors (Lipinski definition) is 0. The van der Waals surface area contributed by atoms with Crippen molar-refractivity contribution in [1.29, 1.82) is 0 Å². The average molecular weight is 214 g/mol. The van der Waals surface area contributed by atoms with Gasteiger partial charge in [0.1, 0.15) is 0 Å². The number of benzene rings is 1. The Morgan fingerprint density at radius 1 is 1.19 bits per heavy atom. The van der Waals surface area contributed by atoms with Gasteiger partial charge in [-0.05, 0) is 37.3 Å². The van der Waals surface area contributed by atoms with E-state index in [1.165, 1.54) is 16.7 Å². The minimum Gasteiger partial charge on any atom is -0.0841 e. The summed E-state index contributed by atoms with van der Waals surface area (Å²) in [4.78, 5) is 0. The lowest BCUT2D eigenvalue weighted by Gasteiger charge is -2.04. The van der Waals surface area contributed by atoms with Crippen LogP contribution in [0.5, 0.6) is 0 Å². The summed E-state index contributed by atoms with van der Waals surface area (Å²) in [6.07, 6.45) is 7.72. The molecule has 0 aliphatic heterocycles. The molecule has 0 saturated heterocycles. The van der Waals surface area contributed by atoms with Crippen LogP contribution in [-0.2, 0) is 6.42 Å². The molecule has 16 heavy (non-hydrogen) atoms. The zero-order valence-electron chi connectivity index (χ0n) is 10.8. The molecular weight excluding hydrogens is 192 g/mol. The topological polar surface area (TPSA) is 0 Å². The van der Waals surface area contributed by atoms with Crippen LogP contribution in [0.3, 0.4) is 0 Å². The van der Waals surface area contributed by atoms with E-state index in [1.807, 2.05) is 0 Å². The van der Waals surface area contributed by atoms with Crippen LogP contribution in [0, 0.1) is 12.8 Å². The number of rotatable bonds is 4. The molecule has 1 rings (SSSR count).